The molecule has 0 saturated carbocycles. The van der Waals surface area contributed by atoms with Gasteiger partial charge >= 0.3 is 0 Å². The van der Waals surface area contributed by atoms with Gasteiger partial charge in [0.2, 0.25) is 23.6 Å². The van der Waals surface area contributed by atoms with E-state index in [2.05, 4.69) is 84.9 Å². The van der Waals surface area contributed by atoms with Crippen molar-refractivity contribution in [3.63, 3.8) is 0 Å². The third-order valence-corrected chi connectivity index (χ3v) is 13.6. The van der Waals surface area contributed by atoms with Gasteiger partial charge in [0.15, 0.2) is 0 Å². The van der Waals surface area contributed by atoms with Gasteiger partial charge in [-0.25, -0.2) is 0 Å². The maximum absolute atomic E-state index is 13.0. The molecule has 14 nitrogen and oxygen atoms in total. The van der Waals surface area contributed by atoms with Gasteiger partial charge < -0.3 is 24.6 Å². The number of hydrogen-bond donors (Lipinski definition) is 3. The summed E-state index contributed by atoms with van der Waals surface area (Å²) in [6.45, 7) is 18.4. The lowest BCUT2D eigenvalue weighted by Gasteiger charge is -2.33. The molecule has 69 heavy (non-hydrogen) atoms. The zero-order valence-corrected chi connectivity index (χ0v) is 41.0. The van der Waals surface area contributed by atoms with E-state index in [1.807, 2.05) is 44.2 Å². The average Bonchev–Trinajstić information content (AvgIpc) is 3.87. The SMILES string of the molecule is CC.CC(C)C1CCN(Cc2ccc(COc3cccc4c3CN(C3CCC(=O)NC3=O)C4=O)cc2)CC1.CC(C)NCc1ccc(COc2cccc3c2CN(C2CCC(=O)NC2=O)C3=O)cc1. The van der Waals surface area contributed by atoms with E-state index in [1.54, 1.807) is 23.1 Å². The van der Waals surface area contributed by atoms with E-state index in [0.717, 1.165) is 47.2 Å². The van der Waals surface area contributed by atoms with Crippen LogP contribution in [0.25, 0.3) is 0 Å². The van der Waals surface area contributed by atoms with Gasteiger partial charge in [0.1, 0.15) is 36.8 Å². The van der Waals surface area contributed by atoms with E-state index in [1.165, 1.54) is 42.0 Å². The van der Waals surface area contributed by atoms with Crippen LogP contribution in [0.3, 0.4) is 0 Å². The molecule has 0 aliphatic carbocycles. The molecule has 4 aromatic rings. The quantitative estimate of drug-likeness (QED) is 0.108. The highest BCUT2D eigenvalue weighted by atomic mass is 16.5. The summed E-state index contributed by atoms with van der Waals surface area (Å²) in [5.41, 5.74) is 7.34. The summed E-state index contributed by atoms with van der Waals surface area (Å²) in [4.78, 5) is 79.0. The van der Waals surface area contributed by atoms with Crippen molar-refractivity contribution < 1.29 is 38.2 Å². The Hall–Kier alpha value is -6.38. The number of ether oxygens (including phenoxy) is 2. The Labute approximate surface area is 406 Å². The molecule has 3 fully saturated rings. The van der Waals surface area contributed by atoms with Crippen LogP contribution in [0.2, 0.25) is 0 Å². The van der Waals surface area contributed by atoms with Gasteiger partial charge in [-0.05, 0) is 97.1 Å². The molecule has 0 aromatic heterocycles. The molecule has 0 radical (unpaired) electrons. The maximum atomic E-state index is 13.0. The second-order valence-corrected chi connectivity index (χ2v) is 19.0. The van der Waals surface area contributed by atoms with Gasteiger partial charge in [0, 0.05) is 54.2 Å². The van der Waals surface area contributed by atoms with Crippen molar-refractivity contribution in [2.45, 2.75) is 138 Å². The number of benzene rings is 4. The Kier molecular flexibility index (Phi) is 17.0. The molecule has 3 N–H and O–H groups in total. The highest BCUT2D eigenvalue weighted by Crippen LogP contribution is 2.36. The first-order chi connectivity index (χ1) is 33.3. The van der Waals surface area contributed by atoms with Gasteiger partial charge in [0.25, 0.3) is 11.8 Å². The molecule has 3 saturated heterocycles. The lowest BCUT2D eigenvalue weighted by atomic mass is 9.86. The number of likely N-dealkylation sites (tertiary alicyclic amines) is 1. The van der Waals surface area contributed by atoms with Crippen molar-refractivity contribution in [2.24, 2.45) is 11.8 Å². The fourth-order valence-electron chi connectivity index (χ4n) is 9.56. The standard InChI is InChI=1S/C29H35N3O4.C24H27N3O4.C2H6/c1-19(2)22-12-14-31(15-13-22)16-20-6-8-21(9-7-20)18-36-26-5-3-4-23-24(26)17-32(29(23)35)25-10-11-27(33)30-28(25)34;1-15(2)25-12-16-6-8-17(9-7-16)14-31-21-5-3-4-18-19(21)13-27(24(18)30)20-10-11-22(28)26-23(20)29;1-2/h3-9,19,22,25H,10-18H2,1-2H3,(H,30,33,34);3-9,15,20,25H,10-14H2,1-2H3,(H,26,28,29);1-2H3. The number of nitrogens with one attached hydrogen (secondary N) is 3. The lowest BCUT2D eigenvalue weighted by molar-refractivity contribution is -0.138. The van der Waals surface area contributed by atoms with E-state index in [-0.39, 0.29) is 36.5 Å². The molecule has 14 heteroatoms. The van der Waals surface area contributed by atoms with E-state index >= 15 is 0 Å². The van der Waals surface area contributed by atoms with E-state index < -0.39 is 23.9 Å². The minimum absolute atomic E-state index is 0.188. The largest absolute Gasteiger partial charge is 0.489 e. The second kappa shape index (κ2) is 23.3. The number of nitrogens with zero attached hydrogens (tertiary/aromatic N) is 3. The molecule has 5 heterocycles. The molecule has 5 aliphatic rings. The van der Waals surface area contributed by atoms with Gasteiger partial charge in [-0.15, -0.1) is 0 Å². The van der Waals surface area contributed by atoms with Crippen molar-refractivity contribution >= 4 is 35.4 Å². The zero-order valence-electron chi connectivity index (χ0n) is 41.0. The Morgan fingerprint density at radius 3 is 1.43 bits per heavy atom. The van der Waals surface area contributed by atoms with E-state index in [9.17, 15) is 28.8 Å². The summed E-state index contributed by atoms with van der Waals surface area (Å²) in [6, 6.07) is 26.9. The van der Waals surface area contributed by atoms with Crippen LogP contribution in [-0.4, -0.2) is 81.4 Å². The number of carbonyl (C=O) groups excluding carboxylic acids is 6. The molecular formula is C55H68N6O8. The smallest absolute Gasteiger partial charge is 0.255 e. The van der Waals surface area contributed by atoms with Crippen LogP contribution >= 0.6 is 0 Å². The fourth-order valence-corrected chi connectivity index (χ4v) is 9.56. The van der Waals surface area contributed by atoms with Gasteiger partial charge in [-0.3, -0.25) is 44.3 Å². The molecule has 2 unspecified atom stereocenters. The Bertz CT molecular complexity index is 2480. The first-order valence-corrected chi connectivity index (χ1v) is 24.7. The van der Waals surface area contributed by atoms with Crippen LogP contribution in [0.5, 0.6) is 11.5 Å². The Balaban J connectivity index is 0.000000199. The number of imide groups is 2. The number of hydrogen-bond acceptors (Lipinski definition) is 10. The summed E-state index contributed by atoms with van der Waals surface area (Å²) in [7, 11) is 0. The van der Waals surface area contributed by atoms with Crippen LogP contribution in [0.4, 0.5) is 0 Å². The fraction of sp³-hybridized carbons (Fsp3) is 0.455. The molecule has 366 valence electrons. The second-order valence-electron chi connectivity index (χ2n) is 19.0. The summed E-state index contributed by atoms with van der Waals surface area (Å²) >= 11 is 0. The first-order valence-electron chi connectivity index (χ1n) is 24.7. The summed E-state index contributed by atoms with van der Waals surface area (Å²) in [6.07, 6.45) is 3.75. The minimum atomic E-state index is -0.627. The number of amides is 6. The predicted molar refractivity (Wildman–Crippen MR) is 263 cm³/mol. The van der Waals surface area contributed by atoms with E-state index in [0.29, 0.717) is 67.8 Å². The molecule has 0 spiro atoms. The Morgan fingerprint density at radius 2 is 1.01 bits per heavy atom. The molecule has 4 aromatic carbocycles. The predicted octanol–water partition coefficient (Wildman–Crippen LogP) is 7.45. The molecule has 0 bridgehead atoms. The van der Waals surface area contributed by atoms with Gasteiger partial charge in [0.05, 0.1) is 13.1 Å². The highest BCUT2D eigenvalue weighted by Gasteiger charge is 2.41. The van der Waals surface area contributed by atoms with Crippen molar-refractivity contribution in [3.05, 3.63) is 129 Å². The van der Waals surface area contributed by atoms with Crippen LogP contribution in [0.1, 0.15) is 134 Å². The third kappa shape index (κ3) is 12.5. The Morgan fingerprint density at radius 1 is 0.580 bits per heavy atom. The maximum Gasteiger partial charge on any atom is 0.255 e. The van der Waals surface area contributed by atoms with Crippen molar-refractivity contribution in [1.29, 1.82) is 0 Å². The number of piperidine rings is 3. The number of rotatable bonds is 14. The van der Waals surface area contributed by atoms with Crippen molar-refractivity contribution in [3.8, 4) is 11.5 Å². The summed E-state index contributed by atoms with van der Waals surface area (Å²) < 4.78 is 12.2. The molecule has 6 amide bonds. The number of fused-ring (bicyclic) bond motifs is 2. The van der Waals surface area contributed by atoms with Crippen LogP contribution < -0.4 is 25.4 Å². The monoisotopic (exact) mass is 941 g/mol. The van der Waals surface area contributed by atoms with Crippen molar-refractivity contribution in [1.82, 2.24) is 30.7 Å². The average molecular weight is 941 g/mol. The van der Waals surface area contributed by atoms with Gasteiger partial charge in [-0.2, -0.15) is 0 Å². The summed E-state index contributed by atoms with van der Waals surface area (Å²) in [5, 5.41) is 8.07. The molecule has 5 aliphatic heterocycles. The topological polar surface area (TPSA) is 167 Å². The molecular weight excluding hydrogens is 873 g/mol. The third-order valence-electron chi connectivity index (χ3n) is 13.6. The van der Waals surface area contributed by atoms with Crippen molar-refractivity contribution in [2.75, 3.05) is 13.1 Å². The summed E-state index contributed by atoms with van der Waals surface area (Å²) in [5.74, 6) is 1.16. The first kappa shape index (κ1) is 50.5. The van der Waals surface area contributed by atoms with E-state index in [4.69, 9.17) is 9.47 Å². The molecule has 9 rings (SSSR count). The van der Waals surface area contributed by atoms with Crippen LogP contribution in [0, 0.1) is 11.8 Å². The zero-order chi connectivity index (χ0) is 49.2. The highest BCUT2D eigenvalue weighted by molar-refractivity contribution is 6.06. The normalized spacial score (nSPS) is 19.4. The van der Waals surface area contributed by atoms with Gasteiger partial charge in [-0.1, -0.05) is 102 Å². The number of carbonyl (C=O) groups is 6. The molecule has 2 atom stereocenters. The minimum Gasteiger partial charge on any atom is -0.489 e. The lowest BCUT2D eigenvalue weighted by Crippen LogP contribution is -2.52. The van der Waals surface area contributed by atoms with Crippen LogP contribution in [-0.2, 0) is 58.6 Å². The van der Waals surface area contributed by atoms with Crippen LogP contribution in [0.15, 0.2) is 84.9 Å².